The standard InChI is InChI=1S/C15H12BrN3O2/c1-9-5-13(6-10(2)15(9)16)18-12-4-3-11(8-17)14(7-12)19(20)21/h3-7,18H,1-2H3. The highest BCUT2D eigenvalue weighted by Gasteiger charge is 2.14. The number of nitrogens with zero attached hydrogens (tertiary/aromatic N) is 2. The molecule has 6 heteroatoms. The van der Waals surface area contributed by atoms with Gasteiger partial charge in [0, 0.05) is 21.9 Å². The first-order valence-corrected chi connectivity index (χ1v) is 6.94. The molecule has 0 amide bonds. The normalized spacial score (nSPS) is 10.0. The summed E-state index contributed by atoms with van der Waals surface area (Å²) in [5.74, 6) is 0. The van der Waals surface area contributed by atoms with Crippen LogP contribution in [-0.2, 0) is 0 Å². The van der Waals surface area contributed by atoms with Crippen LogP contribution in [0.3, 0.4) is 0 Å². The third-order valence-electron chi connectivity index (χ3n) is 3.04. The average Bonchev–Trinajstić information content (AvgIpc) is 2.44. The molecular weight excluding hydrogens is 334 g/mol. The van der Waals surface area contributed by atoms with Crippen molar-refractivity contribution in [2.24, 2.45) is 0 Å². The minimum absolute atomic E-state index is 0.0497. The first-order valence-electron chi connectivity index (χ1n) is 6.14. The molecule has 0 aliphatic carbocycles. The molecule has 0 radical (unpaired) electrons. The first kappa shape index (κ1) is 15.0. The fraction of sp³-hybridized carbons (Fsp3) is 0.133. The monoisotopic (exact) mass is 345 g/mol. The molecule has 21 heavy (non-hydrogen) atoms. The fourth-order valence-corrected chi connectivity index (χ4v) is 2.27. The van der Waals surface area contributed by atoms with Crippen molar-refractivity contribution in [1.82, 2.24) is 0 Å². The summed E-state index contributed by atoms with van der Waals surface area (Å²) < 4.78 is 1.04. The quantitative estimate of drug-likeness (QED) is 0.651. The maximum Gasteiger partial charge on any atom is 0.289 e. The Morgan fingerprint density at radius 1 is 1.19 bits per heavy atom. The Bertz CT molecular complexity index is 743. The average molecular weight is 346 g/mol. The second-order valence-electron chi connectivity index (χ2n) is 4.65. The van der Waals surface area contributed by atoms with E-state index < -0.39 is 4.92 Å². The first-order chi connectivity index (χ1) is 9.92. The lowest BCUT2D eigenvalue weighted by atomic mass is 10.1. The lowest BCUT2D eigenvalue weighted by Crippen LogP contribution is -1.97. The van der Waals surface area contributed by atoms with E-state index in [0.717, 1.165) is 21.3 Å². The molecule has 2 aromatic carbocycles. The van der Waals surface area contributed by atoms with Crippen LogP contribution in [0.4, 0.5) is 17.1 Å². The van der Waals surface area contributed by atoms with Gasteiger partial charge in [-0.05, 0) is 49.2 Å². The zero-order valence-corrected chi connectivity index (χ0v) is 13.1. The highest BCUT2D eigenvalue weighted by molar-refractivity contribution is 9.10. The number of benzene rings is 2. The molecule has 0 unspecified atom stereocenters. The SMILES string of the molecule is Cc1cc(Nc2ccc(C#N)c([N+](=O)[O-])c2)cc(C)c1Br. The number of hydrogen-bond acceptors (Lipinski definition) is 4. The van der Waals surface area contributed by atoms with Crippen molar-refractivity contribution in [2.75, 3.05) is 5.32 Å². The van der Waals surface area contributed by atoms with Gasteiger partial charge in [0.15, 0.2) is 0 Å². The molecule has 1 N–H and O–H groups in total. The van der Waals surface area contributed by atoms with Gasteiger partial charge in [0.25, 0.3) is 5.69 Å². The molecule has 106 valence electrons. The second kappa shape index (κ2) is 5.94. The molecule has 0 aromatic heterocycles. The van der Waals surface area contributed by atoms with Crippen molar-refractivity contribution in [3.05, 3.63) is 61.6 Å². The van der Waals surface area contributed by atoms with Crippen LogP contribution >= 0.6 is 15.9 Å². The van der Waals surface area contributed by atoms with Gasteiger partial charge in [0.1, 0.15) is 11.6 Å². The third kappa shape index (κ3) is 3.20. The predicted molar refractivity (Wildman–Crippen MR) is 84.7 cm³/mol. The molecule has 0 atom stereocenters. The molecule has 0 saturated carbocycles. The number of nitro benzene ring substituents is 1. The summed E-state index contributed by atoms with van der Waals surface area (Å²) in [6.45, 7) is 3.95. The van der Waals surface area contributed by atoms with Crippen LogP contribution in [0.15, 0.2) is 34.8 Å². The van der Waals surface area contributed by atoms with E-state index in [1.807, 2.05) is 32.0 Å². The van der Waals surface area contributed by atoms with Crippen molar-refractivity contribution in [2.45, 2.75) is 13.8 Å². The lowest BCUT2D eigenvalue weighted by molar-refractivity contribution is -0.385. The van der Waals surface area contributed by atoms with Crippen molar-refractivity contribution < 1.29 is 4.92 Å². The molecule has 0 spiro atoms. The van der Waals surface area contributed by atoms with Gasteiger partial charge < -0.3 is 5.32 Å². The highest BCUT2D eigenvalue weighted by Crippen LogP contribution is 2.29. The highest BCUT2D eigenvalue weighted by atomic mass is 79.9. The Kier molecular flexibility index (Phi) is 4.24. The fourth-order valence-electron chi connectivity index (χ4n) is 2.04. The Morgan fingerprint density at radius 3 is 2.33 bits per heavy atom. The van der Waals surface area contributed by atoms with E-state index in [4.69, 9.17) is 5.26 Å². The molecule has 0 bridgehead atoms. The number of rotatable bonds is 3. The minimum atomic E-state index is -0.554. The summed E-state index contributed by atoms with van der Waals surface area (Å²) in [7, 11) is 0. The van der Waals surface area contributed by atoms with Gasteiger partial charge in [-0.3, -0.25) is 10.1 Å². The van der Waals surface area contributed by atoms with Crippen molar-refractivity contribution in [3.8, 4) is 6.07 Å². The van der Waals surface area contributed by atoms with Crippen LogP contribution < -0.4 is 5.32 Å². The molecule has 2 aromatic rings. The number of nitriles is 1. The molecule has 5 nitrogen and oxygen atoms in total. The van der Waals surface area contributed by atoms with Crippen molar-refractivity contribution >= 4 is 33.0 Å². The van der Waals surface area contributed by atoms with Crippen LogP contribution in [0.1, 0.15) is 16.7 Å². The third-order valence-corrected chi connectivity index (χ3v) is 4.29. The maximum atomic E-state index is 11.0. The number of anilines is 2. The molecular formula is C15H12BrN3O2. The molecule has 0 aliphatic rings. The molecule has 2 rings (SSSR count). The summed E-state index contributed by atoms with van der Waals surface area (Å²) in [6, 6.07) is 10.2. The molecule has 0 saturated heterocycles. The van der Waals surface area contributed by atoms with Crippen LogP contribution in [0.5, 0.6) is 0 Å². The van der Waals surface area contributed by atoms with E-state index >= 15 is 0 Å². The summed E-state index contributed by atoms with van der Waals surface area (Å²) >= 11 is 3.50. The Morgan fingerprint density at radius 2 is 1.81 bits per heavy atom. The Hall–Kier alpha value is -2.39. The summed E-state index contributed by atoms with van der Waals surface area (Å²) in [5, 5.41) is 23.0. The smallest absolute Gasteiger partial charge is 0.289 e. The Balaban J connectivity index is 2.39. The van der Waals surface area contributed by atoms with E-state index in [0.29, 0.717) is 5.69 Å². The number of hydrogen-bond donors (Lipinski definition) is 1. The van der Waals surface area contributed by atoms with Crippen LogP contribution in [0.2, 0.25) is 0 Å². The largest absolute Gasteiger partial charge is 0.355 e. The van der Waals surface area contributed by atoms with Gasteiger partial charge in [-0.2, -0.15) is 5.26 Å². The zero-order valence-electron chi connectivity index (χ0n) is 11.5. The minimum Gasteiger partial charge on any atom is -0.355 e. The van der Waals surface area contributed by atoms with Gasteiger partial charge >= 0.3 is 0 Å². The van der Waals surface area contributed by atoms with Crippen molar-refractivity contribution in [3.63, 3.8) is 0 Å². The molecule has 0 aliphatic heterocycles. The summed E-state index contributed by atoms with van der Waals surface area (Å²) in [5.41, 5.74) is 3.40. The predicted octanol–water partition coefficient (Wildman–Crippen LogP) is 4.59. The van der Waals surface area contributed by atoms with Crippen molar-refractivity contribution in [1.29, 1.82) is 5.26 Å². The molecule has 0 heterocycles. The number of halogens is 1. The van der Waals surface area contributed by atoms with Crippen LogP contribution in [0, 0.1) is 35.3 Å². The van der Waals surface area contributed by atoms with E-state index in [1.165, 1.54) is 12.1 Å². The van der Waals surface area contributed by atoms with Gasteiger partial charge in [0.2, 0.25) is 0 Å². The topological polar surface area (TPSA) is 79.0 Å². The summed E-state index contributed by atoms with van der Waals surface area (Å²) in [4.78, 5) is 10.4. The number of aryl methyl sites for hydroxylation is 2. The molecule has 0 fully saturated rings. The van der Waals surface area contributed by atoms with E-state index in [1.54, 1.807) is 6.07 Å². The van der Waals surface area contributed by atoms with Gasteiger partial charge in [-0.15, -0.1) is 0 Å². The zero-order chi connectivity index (χ0) is 15.6. The van der Waals surface area contributed by atoms with Gasteiger partial charge in [0.05, 0.1) is 4.92 Å². The Labute approximate surface area is 130 Å². The van der Waals surface area contributed by atoms with Gasteiger partial charge in [-0.25, -0.2) is 0 Å². The lowest BCUT2D eigenvalue weighted by Gasteiger charge is -2.10. The number of nitro groups is 1. The second-order valence-corrected chi connectivity index (χ2v) is 5.44. The van der Waals surface area contributed by atoms with Crippen LogP contribution in [-0.4, -0.2) is 4.92 Å². The van der Waals surface area contributed by atoms with E-state index in [2.05, 4.69) is 21.2 Å². The van der Waals surface area contributed by atoms with Gasteiger partial charge in [-0.1, -0.05) is 15.9 Å². The maximum absolute atomic E-state index is 11.0. The summed E-state index contributed by atoms with van der Waals surface area (Å²) in [6.07, 6.45) is 0. The van der Waals surface area contributed by atoms with E-state index in [9.17, 15) is 10.1 Å². The van der Waals surface area contributed by atoms with Crippen LogP contribution in [0.25, 0.3) is 0 Å². The number of nitrogens with one attached hydrogen (secondary N) is 1. The van der Waals surface area contributed by atoms with E-state index in [-0.39, 0.29) is 11.3 Å².